The molecule has 0 amide bonds. The highest BCUT2D eigenvalue weighted by Crippen LogP contribution is 2.22. The van der Waals surface area contributed by atoms with Crippen LogP contribution in [0.1, 0.15) is 11.5 Å². The Morgan fingerprint density at radius 3 is 2.60 bits per heavy atom. The predicted octanol–water partition coefficient (Wildman–Crippen LogP) is 2.62. The summed E-state index contributed by atoms with van der Waals surface area (Å²) in [5, 5.41) is 0. The standard InChI is InChI=1S/C10H9/c1-2-6-9(5-1)10-7-3-4-8-10/h1-9H/q-1. The van der Waals surface area contributed by atoms with Gasteiger partial charge in [0, 0.05) is 0 Å². The summed E-state index contributed by atoms with van der Waals surface area (Å²) in [4.78, 5) is 0. The molecule has 1 aliphatic rings. The molecule has 2 rings (SSSR count). The van der Waals surface area contributed by atoms with Gasteiger partial charge < -0.3 is 0 Å². The van der Waals surface area contributed by atoms with Crippen LogP contribution in [-0.4, -0.2) is 0 Å². The Labute approximate surface area is 60.9 Å². The van der Waals surface area contributed by atoms with Crippen LogP contribution in [0.4, 0.5) is 0 Å². The van der Waals surface area contributed by atoms with Gasteiger partial charge in [-0.05, 0) is 5.92 Å². The van der Waals surface area contributed by atoms with Crippen molar-refractivity contribution in [1.82, 2.24) is 0 Å². The van der Waals surface area contributed by atoms with Gasteiger partial charge in [-0.25, -0.2) is 12.1 Å². The summed E-state index contributed by atoms with van der Waals surface area (Å²) in [6, 6.07) is 8.47. The lowest BCUT2D eigenvalue weighted by Gasteiger charge is -2.05. The van der Waals surface area contributed by atoms with E-state index in [1.807, 2.05) is 0 Å². The molecular formula is C10H9-. The molecule has 0 N–H and O–H groups in total. The van der Waals surface area contributed by atoms with Gasteiger partial charge in [-0.15, -0.1) is 0 Å². The molecule has 1 aliphatic carbocycles. The number of hydrogen-bond acceptors (Lipinski definition) is 0. The average Bonchev–Trinajstić information content (AvgIpc) is 2.59. The first kappa shape index (κ1) is 5.60. The molecule has 0 heterocycles. The van der Waals surface area contributed by atoms with Gasteiger partial charge in [0.1, 0.15) is 0 Å². The highest BCUT2D eigenvalue weighted by Gasteiger charge is 1.99. The fraction of sp³-hybridized carbons (Fsp3) is 0.100. The second kappa shape index (κ2) is 2.22. The van der Waals surface area contributed by atoms with Crippen molar-refractivity contribution in [2.24, 2.45) is 0 Å². The van der Waals surface area contributed by atoms with E-state index in [9.17, 15) is 0 Å². The zero-order valence-corrected chi connectivity index (χ0v) is 5.70. The summed E-state index contributed by atoms with van der Waals surface area (Å²) in [6.07, 6.45) is 8.60. The normalized spacial score (nSPS) is 16.8. The van der Waals surface area contributed by atoms with Crippen LogP contribution in [0.15, 0.2) is 48.6 Å². The van der Waals surface area contributed by atoms with Crippen LogP contribution in [0.5, 0.6) is 0 Å². The quantitative estimate of drug-likeness (QED) is 0.511. The third-order valence-corrected chi connectivity index (χ3v) is 1.82. The maximum absolute atomic E-state index is 2.20. The van der Waals surface area contributed by atoms with Crippen molar-refractivity contribution in [3.8, 4) is 0 Å². The van der Waals surface area contributed by atoms with Crippen LogP contribution in [0, 0.1) is 0 Å². The van der Waals surface area contributed by atoms with Crippen molar-refractivity contribution in [2.75, 3.05) is 0 Å². The van der Waals surface area contributed by atoms with Gasteiger partial charge in [0.25, 0.3) is 0 Å². The topological polar surface area (TPSA) is 0 Å². The number of hydrogen-bond donors (Lipinski definition) is 0. The van der Waals surface area contributed by atoms with Crippen LogP contribution in [0.2, 0.25) is 0 Å². The Balaban J connectivity index is 2.29. The van der Waals surface area contributed by atoms with Gasteiger partial charge >= 0.3 is 0 Å². The van der Waals surface area contributed by atoms with E-state index in [1.54, 1.807) is 0 Å². The molecule has 50 valence electrons. The van der Waals surface area contributed by atoms with Crippen LogP contribution in [0.25, 0.3) is 0 Å². The van der Waals surface area contributed by atoms with E-state index in [-0.39, 0.29) is 0 Å². The number of rotatable bonds is 1. The minimum Gasteiger partial charge on any atom is -0.213 e. The summed E-state index contributed by atoms with van der Waals surface area (Å²) in [7, 11) is 0. The van der Waals surface area contributed by atoms with E-state index in [0.29, 0.717) is 5.92 Å². The second-order valence-corrected chi connectivity index (χ2v) is 2.51. The molecule has 0 aliphatic heterocycles. The third kappa shape index (κ3) is 0.820. The molecule has 0 heteroatoms. The van der Waals surface area contributed by atoms with Crippen molar-refractivity contribution in [2.45, 2.75) is 5.92 Å². The van der Waals surface area contributed by atoms with E-state index >= 15 is 0 Å². The lowest BCUT2D eigenvalue weighted by atomic mass is 10.1. The molecule has 0 saturated carbocycles. The third-order valence-electron chi connectivity index (χ3n) is 1.82. The Hall–Kier alpha value is -1.17. The van der Waals surface area contributed by atoms with E-state index in [4.69, 9.17) is 0 Å². The van der Waals surface area contributed by atoms with E-state index in [0.717, 1.165) is 0 Å². The summed E-state index contributed by atoms with van der Waals surface area (Å²) in [6.45, 7) is 0. The molecule has 1 aromatic carbocycles. The Kier molecular flexibility index (Phi) is 1.24. The predicted molar refractivity (Wildman–Crippen MR) is 43.1 cm³/mol. The van der Waals surface area contributed by atoms with E-state index < -0.39 is 0 Å². The molecule has 10 heavy (non-hydrogen) atoms. The summed E-state index contributed by atoms with van der Waals surface area (Å²) >= 11 is 0. The molecule has 0 nitrogen and oxygen atoms in total. The van der Waals surface area contributed by atoms with Gasteiger partial charge in [-0.3, -0.25) is 0 Å². The molecule has 0 fully saturated rings. The molecule has 0 atom stereocenters. The first-order chi connectivity index (χ1) is 4.97. The fourth-order valence-corrected chi connectivity index (χ4v) is 1.27. The molecule has 0 bridgehead atoms. The lowest BCUT2D eigenvalue weighted by Crippen LogP contribution is -1.82. The second-order valence-electron chi connectivity index (χ2n) is 2.51. The van der Waals surface area contributed by atoms with Crippen LogP contribution in [-0.2, 0) is 0 Å². The molecule has 1 aromatic rings. The zero-order chi connectivity index (χ0) is 6.81. The van der Waals surface area contributed by atoms with Gasteiger partial charge in [0.05, 0.1) is 0 Å². The van der Waals surface area contributed by atoms with Gasteiger partial charge in [-0.1, -0.05) is 24.3 Å². The van der Waals surface area contributed by atoms with Gasteiger partial charge in [0.2, 0.25) is 0 Å². The van der Waals surface area contributed by atoms with Crippen molar-refractivity contribution in [3.63, 3.8) is 0 Å². The minimum absolute atomic E-state index is 0.537. The highest BCUT2D eigenvalue weighted by atomic mass is 14.1. The molecule has 0 spiro atoms. The van der Waals surface area contributed by atoms with Crippen molar-refractivity contribution in [1.29, 1.82) is 0 Å². The smallest absolute Gasteiger partial charge is 0.00269 e. The van der Waals surface area contributed by atoms with Gasteiger partial charge in [-0.2, -0.15) is 17.7 Å². The highest BCUT2D eigenvalue weighted by molar-refractivity contribution is 5.35. The fourth-order valence-electron chi connectivity index (χ4n) is 1.27. The van der Waals surface area contributed by atoms with Crippen molar-refractivity contribution >= 4 is 0 Å². The minimum atomic E-state index is 0.537. The molecule has 0 aromatic heterocycles. The molecular weight excluding hydrogens is 120 g/mol. The van der Waals surface area contributed by atoms with Gasteiger partial charge in [0.15, 0.2) is 0 Å². The summed E-state index contributed by atoms with van der Waals surface area (Å²) < 4.78 is 0. The Bertz CT molecular complexity index is 238. The first-order valence-corrected chi connectivity index (χ1v) is 3.53. The monoisotopic (exact) mass is 129 g/mol. The van der Waals surface area contributed by atoms with Crippen LogP contribution >= 0.6 is 0 Å². The Morgan fingerprint density at radius 1 is 1.20 bits per heavy atom. The summed E-state index contributed by atoms with van der Waals surface area (Å²) in [5.41, 5.74) is 1.39. The van der Waals surface area contributed by atoms with Crippen molar-refractivity contribution < 1.29 is 0 Å². The first-order valence-electron chi connectivity index (χ1n) is 3.53. The Morgan fingerprint density at radius 2 is 2.00 bits per heavy atom. The van der Waals surface area contributed by atoms with Crippen molar-refractivity contribution in [3.05, 3.63) is 54.1 Å². The summed E-state index contributed by atoms with van der Waals surface area (Å²) in [5.74, 6) is 0.537. The van der Waals surface area contributed by atoms with Crippen LogP contribution < -0.4 is 0 Å². The molecule has 0 unspecified atom stereocenters. The zero-order valence-electron chi connectivity index (χ0n) is 5.70. The average molecular weight is 129 g/mol. The molecule has 0 saturated heterocycles. The maximum Gasteiger partial charge on any atom is -0.00269 e. The SMILES string of the molecule is C1=CC(c2ccc[cH-]2)C=C1. The van der Waals surface area contributed by atoms with E-state index in [1.165, 1.54) is 5.56 Å². The van der Waals surface area contributed by atoms with Crippen LogP contribution in [0.3, 0.4) is 0 Å². The lowest BCUT2D eigenvalue weighted by molar-refractivity contribution is 1.12. The van der Waals surface area contributed by atoms with E-state index in [2.05, 4.69) is 48.6 Å². The maximum atomic E-state index is 2.20. The number of allylic oxidation sites excluding steroid dienone is 4. The molecule has 0 radical (unpaired) electrons. The largest absolute Gasteiger partial charge is 0.213 e.